The van der Waals surface area contributed by atoms with Crippen molar-refractivity contribution in [1.82, 2.24) is 0 Å². The fourth-order valence-corrected chi connectivity index (χ4v) is 3.85. The maximum atomic E-state index is 13.1. The van der Waals surface area contributed by atoms with E-state index in [0.29, 0.717) is 12.1 Å². The summed E-state index contributed by atoms with van der Waals surface area (Å²) < 4.78 is 0. The van der Waals surface area contributed by atoms with Gasteiger partial charge in [-0.1, -0.05) is 66.7 Å². The molecule has 1 aliphatic heterocycles. The van der Waals surface area contributed by atoms with Crippen molar-refractivity contribution >= 4 is 17.3 Å². The molecule has 1 aliphatic rings. The molecule has 4 heteroatoms. The molecule has 3 aromatic carbocycles. The Hall–Kier alpha value is -3.11. The van der Waals surface area contributed by atoms with Gasteiger partial charge in [0.1, 0.15) is 0 Å². The summed E-state index contributed by atoms with van der Waals surface area (Å²) in [5.41, 5.74) is 2.27. The molecule has 27 heavy (non-hydrogen) atoms. The molecule has 0 aliphatic carbocycles. The van der Waals surface area contributed by atoms with Gasteiger partial charge in [0.05, 0.1) is 5.69 Å². The van der Waals surface area contributed by atoms with Crippen molar-refractivity contribution < 1.29 is 10.0 Å². The number of aryl methyl sites for hydroxylation is 1. The Morgan fingerprint density at radius 2 is 1.48 bits per heavy atom. The number of hydrogen-bond acceptors (Lipinski definition) is 3. The smallest absolute Gasteiger partial charge is 0.257 e. The minimum absolute atomic E-state index is 0.192. The molecule has 2 N–H and O–H groups in total. The predicted octanol–water partition coefficient (Wildman–Crippen LogP) is 4.75. The van der Waals surface area contributed by atoms with Gasteiger partial charge < -0.3 is 5.32 Å². The van der Waals surface area contributed by atoms with Gasteiger partial charge in [-0.2, -0.15) is 0 Å². The summed E-state index contributed by atoms with van der Waals surface area (Å²) in [4.78, 5) is 13.1. The number of nitrogens with zero attached hydrogens (tertiary/aromatic N) is 1. The van der Waals surface area contributed by atoms with E-state index in [2.05, 4.69) is 17.4 Å². The molecule has 0 saturated heterocycles. The number of anilines is 2. The number of nitrogens with one attached hydrogen (secondary N) is 1. The number of benzene rings is 3. The Morgan fingerprint density at radius 3 is 2.22 bits per heavy atom. The van der Waals surface area contributed by atoms with Gasteiger partial charge in [-0.05, 0) is 43.0 Å². The summed E-state index contributed by atoms with van der Waals surface area (Å²) in [6.07, 6.45) is 2.13. The quantitative estimate of drug-likeness (QED) is 0.625. The molecule has 4 nitrogen and oxygen atoms in total. The maximum Gasteiger partial charge on any atom is 0.257 e. The number of carbonyl (C=O) groups excluding carboxylic acids is 1. The van der Waals surface area contributed by atoms with Crippen LogP contribution in [0.1, 0.15) is 24.0 Å². The Kier molecular flexibility index (Phi) is 4.65. The van der Waals surface area contributed by atoms with Crippen molar-refractivity contribution in [3.8, 4) is 0 Å². The minimum atomic E-state index is -1.13. The molecule has 3 aromatic rings. The molecule has 0 unspecified atom stereocenters. The SMILES string of the molecule is O=C1Nc2ccccc2[C@]1(CCCc1ccccc1)N(O)c1ccccc1. The van der Waals surface area contributed by atoms with Gasteiger partial charge >= 0.3 is 0 Å². The van der Waals surface area contributed by atoms with Crippen molar-refractivity contribution in [3.05, 3.63) is 96.1 Å². The van der Waals surface area contributed by atoms with Crippen LogP contribution < -0.4 is 10.4 Å². The lowest BCUT2D eigenvalue weighted by Gasteiger charge is -2.36. The van der Waals surface area contributed by atoms with Crippen LogP contribution in [-0.4, -0.2) is 11.1 Å². The van der Waals surface area contributed by atoms with Crippen LogP contribution in [-0.2, 0) is 16.8 Å². The number of carbonyl (C=O) groups is 1. The van der Waals surface area contributed by atoms with Crippen LogP contribution in [0.25, 0.3) is 0 Å². The van der Waals surface area contributed by atoms with Crippen LogP contribution in [0.5, 0.6) is 0 Å². The van der Waals surface area contributed by atoms with Gasteiger partial charge in [0.15, 0.2) is 5.54 Å². The number of para-hydroxylation sites is 2. The van der Waals surface area contributed by atoms with E-state index < -0.39 is 5.54 Å². The van der Waals surface area contributed by atoms with Gasteiger partial charge in [-0.3, -0.25) is 10.0 Å². The maximum absolute atomic E-state index is 13.1. The highest BCUT2D eigenvalue weighted by Gasteiger charge is 2.51. The van der Waals surface area contributed by atoms with E-state index in [0.717, 1.165) is 29.2 Å². The second-order valence-electron chi connectivity index (χ2n) is 6.85. The van der Waals surface area contributed by atoms with E-state index in [-0.39, 0.29) is 5.91 Å². The summed E-state index contributed by atoms with van der Waals surface area (Å²) in [5.74, 6) is -0.192. The number of hydroxylamine groups is 1. The monoisotopic (exact) mass is 358 g/mol. The van der Waals surface area contributed by atoms with Crippen molar-refractivity contribution in [1.29, 1.82) is 0 Å². The Morgan fingerprint density at radius 1 is 0.852 bits per heavy atom. The van der Waals surface area contributed by atoms with E-state index in [1.54, 1.807) is 0 Å². The minimum Gasteiger partial charge on any atom is -0.323 e. The number of amides is 1. The second kappa shape index (κ2) is 7.25. The van der Waals surface area contributed by atoms with Gasteiger partial charge in [0.25, 0.3) is 5.91 Å². The largest absolute Gasteiger partial charge is 0.323 e. The van der Waals surface area contributed by atoms with Gasteiger partial charge in [0.2, 0.25) is 0 Å². The van der Waals surface area contributed by atoms with Gasteiger partial charge in [-0.25, -0.2) is 5.06 Å². The first-order chi connectivity index (χ1) is 13.2. The standard InChI is InChI=1S/C23H22N2O2/c26-22-23(20-15-7-8-16-21(20)24-22,25(27)19-13-5-2-6-14-19)17-9-12-18-10-3-1-4-11-18/h1-8,10-11,13-16,27H,9,12,17H2,(H,24,26)/t23-/m0/s1. The first kappa shape index (κ1) is 17.3. The molecule has 136 valence electrons. The van der Waals surface area contributed by atoms with Crippen LogP contribution in [0.15, 0.2) is 84.9 Å². The van der Waals surface area contributed by atoms with Crippen LogP contribution in [0.3, 0.4) is 0 Å². The van der Waals surface area contributed by atoms with Crippen molar-refractivity contribution in [3.63, 3.8) is 0 Å². The third-order valence-corrected chi connectivity index (χ3v) is 5.21. The van der Waals surface area contributed by atoms with E-state index in [1.165, 1.54) is 5.56 Å². The Balaban J connectivity index is 1.69. The van der Waals surface area contributed by atoms with Crippen molar-refractivity contribution in [2.45, 2.75) is 24.8 Å². The molecule has 0 spiro atoms. The number of fused-ring (bicyclic) bond motifs is 1. The highest BCUT2D eigenvalue weighted by Crippen LogP contribution is 2.44. The lowest BCUT2D eigenvalue weighted by Crippen LogP contribution is -2.50. The zero-order valence-electron chi connectivity index (χ0n) is 15.0. The topological polar surface area (TPSA) is 52.6 Å². The third-order valence-electron chi connectivity index (χ3n) is 5.21. The highest BCUT2D eigenvalue weighted by molar-refractivity contribution is 6.07. The molecule has 1 atom stereocenters. The Labute approximate surface area is 159 Å². The molecule has 0 fully saturated rings. The van der Waals surface area contributed by atoms with Crippen LogP contribution in [0.4, 0.5) is 11.4 Å². The third kappa shape index (κ3) is 3.09. The lowest BCUT2D eigenvalue weighted by molar-refractivity contribution is -0.123. The van der Waals surface area contributed by atoms with E-state index >= 15 is 0 Å². The van der Waals surface area contributed by atoms with Gasteiger partial charge in [-0.15, -0.1) is 0 Å². The van der Waals surface area contributed by atoms with Crippen molar-refractivity contribution in [2.75, 3.05) is 10.4 Å². The van der Waals surface area contributed by atoms with Gasteiger partial charge in [0, 0.05) is 11.3 Å². The normalized spacial score (nSPS) is 18.0. The summed E-state index contributed by atoms with van der Waals surface area (Å²) in [7, 11) is 0. The zero-order valence-corrected chi connectivity index (χ0v) is 15.0. The zero-order chi connectivity index (χ0) is 18.7. The molecule has 1 amide bonds. The Bertz CT molecular complexity index is 927. The van der Waals surface area contributed by atoms with Crippen LogP contribution in [0.2, 0.25) is 0 Å². The predicted molar refractivity (Wildman–Crippen MR) is 107 cm³/mol. The molecule has 4 rings (SSSR count). The highest BCUT2D eigenvalue weighted by atomic mass is 16.5. The number of hydrogen-bond donors (Lipinski definition) is 2. The molecule has 1 heterocycles. The molecule has 0 aromatic heterocycles. The fourth-order valence-electron chi connectivity index (χ4n) is 3.85. The molecular formula is C23H22N2O2. The second-order valence-corrected chi connectivity index (χ2v) is 6.85. The first-order valence-corrected chi connectivity index (χ1v) is 9.21. The summed E-state index contributed by atoms with van der Waals surface area (Å²) in [6, 6.07) is 27.0. The lowest BCUT2D eigenvalue weighted by atomic mass is 9.84. The van der Waals surface area contributed by atoms with Crippen molar-refractivity contribution in [2.24, 2.45) is 0 Å². The summed E-state index contributed by atoms with van der Waals surface area (Å²) in [6.45, 7) is 0. The number of rotatable bonds is 6. The molecule has 0 radical (unpaired) electrons. The molecule has 0 saturated carbocycles. The average Bonchev–Trinajstić information content (AvgIpc) is 3.01. The molecule has 0 bridgehead atoms. The van der Waals surface area contributed by atoms with E-state index in [9.17, 15) is 10.0 Å². The van der Waals surface area contributed by atoms with E-state index in [4.69, 9.17) is 0 Å². The summed E-state index contributed by atoms with van der Waals surface area (Å²) in [5, 5.41) is 15.2. The average molecular weight is 358 g/mol. The van der Waals surface area contributed by atoms with Crippen LogP contribution in [0, 0.1) is 0 Å². The van der Waals surface area contributed by atoms with Crippen LogP contribution >= 0.6 is 0 Å². The van der Waals surface area contributed by atoms with E-state index in [1.807, 2.05) is 72.8 Å². The summed E-state index contributed by atoms with van der Waals surface area (Å²) >= 11 is 0. The fraction of sp³-hybridized carbons (Fsp3) is 0.174. The first-order valence-electron chi connectivity index (χ1n) is 9.21. The molecular weight excluding hydrogens is 336 g/mol.